The first kappa shape index (κ1) is 11.3. The van der Waals surface area contributed by atoms with E-state index in [2.05, 4.69) is 15.9 Å². The van der Waals surface area contributed by atoms with Crippen LogP contribution in [0.2, 0.25) is 0 Å². The molecule has 1 heterocycles. The van der Waals surface area contributed by atoms with Gasteiger partial charge in [-0.15, -0.1) is 11.6 Å². The second-order valence-electron chi connectivity index (χ2n) is 3.24. The molecule has 2 atom stereocenters. The van der Waals surface area contributed by atoms with Crippen LogP contribution in [-0.2, 0) is 9.47 Å². The Balaban J connectivity index is 2.17. The van der Waals surface area contributed by atoms with Gasteiger partial charge in [-0.25, -0.2) is 4.39 Å². The Hall–Kier alpha value is -0.160. The van der Waals surface area contributed by atoms with Crippen LogP contribution < -0.4 is 0 Å². The summed E-state index contributed by atoms with van der Waals surface area (Å²) in [7, 11) is 0. The summed E-state index contributed by atoms with van der Waals surface area (Å²) in [5.41, 5.74) is 0.781. The zero-order chi connectivity index (χ0) is 10.8. The summed E-state index contributed by atoms with van der Waals surface area (Å²) >= 11 is 8.91. The summed E-state index contributed by atoms with van der Waals surface area (Å²) in [5.74, 6) is 0.104. The zero-order valence-corrected chi connectivity index (χ0v) is 10.1. The van der Waals surface area contributed by atoms with Crippen LogP contribution in [0.1, 0.15) is 11.9 Å². The molecule has 0 aromatic heterocycles. The molecule has 1 fully saturated rings. The zero-order valence-electron chi connectivity index (χ0n) is 7.75. The average molecular weight is 296 g/mol. The summed E-state index contributed by atoms with van der Waals surface area (Å²) in [6, 6.07) is 4.40. The van der Waals surface area contributed by atoms with Gasteiger partial charge in [-0.1, -0.05) is 15.9 Å². The highest BCUT2D eigenvalue weighted by Crippen LogP contribution is 2.32. The summed E-state index contributed by atoms with van der Waals surface area (Å²) < 4.78 is 24.4. The number of hydrogen-bond acceptors (Lipinski definition) is 2. The average Bonchev–Trinajstić information content (AvgIpc) is 2.66. The molecule has 1 aromatic carbocycles. The van der Waals surface area contributed by atoms with E-state index >= 15 is 0 Å². The van der Waals surface area contributed by atoms with E-state index in [-0.39, 0.29) is 11.9 Å². The number of benzene rings is 1. The van der Waals surface area contributed by atoms with Crippen molar-refractivity contribution in [2.45, 2.75) is 12.4 Å². The van der Waals surface area contributed by atoms with Crippen LogP contribution >= 0.6 is 27.5 Å². The van der Waals surface area contributed by atoms with Crippen molar-refractivity contribution in [3.63, 3.8) is 0 Å². The van der Waals surface area contributed by atoms with Gasteiger partial charge in [0, 0.05) is 10.0 Å². The molecule has 1 aromatic rings. The van der Waals surface area contributed by atoms with Crippen molar-refractivity contribution in [3.05, 3.63) is 34.1 Å². The van der Waals surface area contributed by atoms with E-state index in [1.54, 1.807) is 6.07 Å². The Labute approximate surface area is 100 Å². The first-order valence-corrected chi connectivity index (χ1v) is 5.81. The Morgan fingerprint density at radius 3 is 2.93 bits per heavy atom. The summed E-state index contributed by atoms with van der Waals surface area (Å²) in [6.07, 6.45) is -0.544. The molecule has 1 aliphatic heterocycles. The van der Waals surface area contributed by atoms with Gasteiger partial charge >= 0.3 is 0 Å². The minimum atomic E-state index is -0.455. The topological polar surface area (TPSA) is 18.5 Å². The fourth-order valence-electron chi connectivity index (χ4n) is 1.38. The van der Waals surface area contributed by atoms with Gasteiger partial charge in [0.2, 0.25) is 0 Å². The third kappa shape index (κ3) is 2.50. The maximum absolute atomic E-state index is 12.8. The van der Waals surface area contributed by atoms with E-state index in [1.807, 2.05) is 0 Å². The van der Waals surface area contributed by atoms with E-state index in [0.717, 1.165) is 5.56 Å². The van der Waals surface area contributed by atoms with Crippen molar-refractivity contribution in [1.29, 1.82) is 0 Å². The third-order valence-electron chi connectivity index (χ3n) is 2.14. The minimum Gasteiger partial charge on any atom is -0.346 e. The number of ether oxygens (including phenoxy) is 2. The molecule has 2 rings (SSSR count). The lowest BCUT2D eigenvalue weighted by molar-refractivity contribution is -0.0572. The maximum Gasteiger partial charge on any atom is 0.185 e. The molecule has 0 N–H and O–H groups in total. The van der Waals surface area contributed by atoms with Crippen molar-refractivity contribution in [2.24, 2.45) is 0 Å². The Morgan fingerprint density at radius 1 is 1.53 bits per heavy atom. The van der Waals surface area contributed by atoms with Crippen LogP contribution in [0.3, 0.4) is 0 Å². The van der Waals surface area contributed by atoms with E-state index in [9.17, 15) is 4.39 Å². The molecule has 1 aliphatic rings. The molecule has 0 aliphatic carbocycles. The van der Waals surface area contributed by atoms with E-state index in [1.165, 1.54) is 12.1 Å². The lowest BCUT2D eigenvalue weighted by atomic mass is 10.2. The predicted molar refractivity (Wildman–Crippen MR) is 58.4 cm³/mol. The van der Waals surface area contributed by atoms with Gasteiger partial charge in [0.15, 0.2) is 6.29 Å². The molecule has 5 heteroatoms. The lowest BCUT2D eigenvalue weighted by Gasteiger charge is -2.12. The molecule has 15 heavy (non-hydrogen) atoms. The molecule has 1 saturated heterocycles. The van der Waals surface area contributed by atoms with Crippen molar-refractivity contribution < 1.29 is 13.9 Å². The number of rotatable bonds is 2. The lowest BCUT2D eigenvalue weighted by Crippen LogP contribution is -2.10. The van der Waals surface area contributed by atoms with Crippen molar-refractivity contribution in [3.8, 4) is 0 Å². The van der Waals surface area contributed by atoms with Gasteiger partial charge < -0.3 is 9.47 Å². The molecular formula is C10H9BrClFO2. The van der Waals surface area contributed by atoms with E-state index < -0.39 is 6.29 Å². The Kier molecular flexibility index (Phi) is 3.61. The first-order valence-electron chi connectivity index (χ1n) is 4.48. The Morgan fingerprint density at radius 2 is 2.33 bits per heavy atom. The molecule has 82 valence electrons. The van der Waals surface area contributed by atoms with Crippen molar-refractivity contribution in [1.82, 2.24) is 0 Å². The molecule has 2 unspecified atom stereocenters. The molecule has 2 nitrogen and oxygen atoms in total. The van der Waals surface area contributed by atoms with E-state index in [4.69, 9.17) is 21.1 Å². The molecule has 0 saturated carbocycles. The van der Waals surface area contributed by atoms with Crippen LogP contribution in [-0.4, -0.2) is 18.6 Å². The molecular weight excluding hydrogens is 286 g/mol. The van der Waals surface area contributed by atoms with E-state index in [0.29, 0.717) is 17.0 Å². The fraction of sp³-hybridized carbons (Fsp3) is 0.400. The summed E-state index contributed by atoms with van der Waals surface area (Å²) in [4.78, 5) is 0. The fourth-order valence-corrected chi connectivity index (χ4v) is 2.08. The quantitative estimate of drug-likeness (QED) is 0.780. The maximum atomic E-state index is 12.8. The molecule has 0 spiro atoms. The second kappa shape index (κ2) is 4.78. The van der Waals surface area contributed by atoms with Gasteiger partial charge in [-0.05, 0) is 18.2 Å². The van der Waals surface area contributed by atoms with Gasteiger partial charge in [0.25, 0.3) is 0 Å². The standard InChI is InChI=1S/C10H9BrClFO2/c11-9-3-6(13)1-2-8(9)10-14-5-7(4-12)15-10/h1-3,7,10H,4-5H2. The first-order chi connectivity index (χ1) is 7.20. The molecule has 0 amide bonds. The third-order valence-corrected chi connectivity index (χ3v) is 3.17. The monoisotopic (exact) mass is 294 g/mol. The Bertz CT molecular complexity index is 361. The number of hydrogen-bond donors (Lipinski definition) is 0. The highest BCUT2D eigenvalue weighted by molar-refractivity contribution is 9.10. The second-order valence-corrected chi connectivity index (χ2v) is 4.41. The molecule has 0 radical (unpaired) electrons. The summed E-state index contributed by atoms with van der Waals surface area (Å²) in [6.45, 7) is 0.470. The van der Waals surface area contributed by atoms with Gasteiger partial charge in [0.05, 0.1) is 18.6 Å². The highest BCUT2D eigenvalue weighted by Gasteiger charge is 2.27. The molecule has 0 bridgehead atoms. The summed E-state index contributed by atoms with van der Waals surface area (Å²) in [5, 5.41) is 0. The van der Waals surface area contributed by atoms with Crippen molar-refractivity contribution >= 4 is 27.5 Å². The largest absolute Gasteiger partial charge is 0.346 e. The van der Waals surface area contributed by atoms with Crippen LogP contribution in [0.5, 0.6) is 0 Å². The van der Waals surface area contributed by atoms with Crippen LogP contribution in [0.15, 0.2) is 22.7 Å². The van der Waals surface area contributed by atoms with Crippen molar-refractivity contribution in [2.75, 3.05) is 12.5 Å². The van der Waals surface area contributed by atoms with Crippen LogP contribution in [0.4, 0.5) is 4.39 Å². The highest BCUT2D eigenvalue weighted by atomic mass is 79.9. The smallest absolute Gasteiger partial charge is 0.185 e. The number of alkyl halides is 1. The minimum absolute atomic E-state index is 0.0892. The van der Waals surface area contributed by atoms with Gasteiger partial charge in [-0.2, -0.15) is 0 Å². The van der Waals surface area contributed by atoms with Gasteiger partial charge in [-0.3, -0.25) is 0 Å². The predicted octanol–water partition coefficient (Wildman–Crippen LogP) is 3.24. The normalized spacial score (nSPS) is 25.8. The number of halogens is 3. The SMILES string of the molecule is Fc1ccc(C2OCC(CCl)O2)c(Br)c1. The van der Waals surface area contributed by atoms with Crippen LogP contribution in [0.25, 0.3) is 0 Å². The van der Waals surface area contributed by atoms with Gasteiger partial charge in [0.1, 0.15) is 5.82 Å². The van der Waals surface area contributed by atoms with Crippen LogP contribution in [0, 0.1) is 5.82 Å².